The van der Waals surface area contributed by atoms with Gasteiger partial charge in [-0.1, -0.05) is 12.1 Å². The monoisotopic (exact) mass is 326 g/mol. The maximum absolute atomic E-state index is 10.9. The highest BCUT2D eigenvalue weighted by atomic mass is 16.6. The Kier molecular flexibility index (Phi) is 5.75. The summed E-state index contributed by atoms with van der Waals surface area (Å²) >= 11 is 0. The first-order valence-electron chi connectivity index (χ1n) is 6.02. The van der Waals surface area contributed by atoms with Crippen molar-refractivity contribution in [1.82, 2.24) is 0 Å². The molecule has 0 unspecified atom stereocenters. The molecule has 0 atom stereocenters. The maximum Gasteiger partial charge on any atom is 0.346 e. The zero-order valence-corrected chi connectivity index (χ0v) is 11.7. The summed E-state index contributed by atoms with van der Waals surface area (Å²) in [5.74, 6) is -1.18. The van der Waals surface area contributed by atoms with Crippen molar-refractivity contribution in [1.29, 1.82) is 10.5 Å². The highest BCUT2D eigenvalue weighted by molar-refractivity contribution is 6.23. The van der Waals surface area contributed by atoms with E-state index in [0.29, 0.717) is 0 Å². The molecule has 0 saturated carbocycles. The molecule has 0 radical (unpaired) electrons. The Bertz CT molecular complexity index is 814. The molecule has 0 fully saturated rings. The Morgan fingerprint density at radius 3 is 1.38 bits per heavy atom. The van der Waals surface area contributed by atoms with Crippen LogP contribution >= 0.6 is 0 Å². The number of nitriles is 2. The third kappa shape index (κ3) is 3.93. The molecule has 0 N–H and O–H groups in total. The third-order valence-corrected chi connectivity index (χ3v) is 2.63. The number of nitro groups is 2. The van der Waals surface area contributed by atoms with E-state index in [4.69, 9.17) is 10.5 Å². The maximum atomic E-state index is 10.9. The predicted molar refractivity (Wildman–Crippen MR) is 77.2 cm³/mol. The van der Waals surface area contributed by atoms with E-state index in [1.54, 1.807) is 0 Å². The van der Waals surface area contributed by atoms with E-state index in [0.717, 1.165) is 24.3 Å². The topological polar surface area (TPSA) is 168 Å². The van der Waals surface area contributed by atoms with Crippen molar-refractivity contribution in [2.45, 2.75) is 0 Å². The second-order valence-corrected chi connectivity index (χ2v) is 4.04. The first-order valence-corrected chi connectivity index (χ1v) is 6.02. The van der Waals surface area contributed by atoms with Gasteiger partial charge >= 0.3 is 11.4 Å². The molecule has 10 heteroatoms. The van der Waals surface area contributed by atoms with E-state index in [9.17, 15) is 29.8 Å². The van der Waals surface area contributed by atoms with Crippen LogP contribution in [0.25, 0.3) is 0 Å². The first-order chi connectivity index (χ1) is 11.3. The van der Waals surface area contributed by atoms with E-state index >= 15 is 0 Å². The summed E-state index contributed by atoms with van der Waals surface area (Å²) in [4.78, 5) is 40.6. The summed E-state index contributed by atoms with van der Waals surface area (Å²) in [5, 5.41) is 37.3. The van der Waals surface area contributed by atoms with Gasteiger partial charge in [-0.15, -0.1) is 0 Å². The summed E-state index contributed by atoms with van der Waals surface area (Å²) in [6, 6.07) is 7.99. The molecule has 2 rings (SSSR count). The van der Waals surface area contributed by atoms with Crippen LogP contribution in [0.15, 0.2) is 47.6 Å². The summed E-state index contributed by atoms with van der Waals surface area (Å²) in [7, 11) is 0. The second-order valence-electron chi connectivity index (χ2n) is 4.04. The molecule has 1 aliphatic carbocycles. The SMILES string of the molecule is N#CC1=C(C#N)C(=O)C=CC1=O.O=[N+]([O-])c1ccccc1[N+](=O)[O-]. The van der Waals surface area contributed by atoms with E-state index in [-0.39, 0.29) is 11.1 Å². The molecule has 0 spiro atoms. The molecule has 1 aromatic carbocycles. The molecular weight excluding hydrogens is 320 g/mol. The Labute approximate surface area is 133 Å². The lowest BCUT2D eigenvalue weighted by Gasteiger charge is -2.00. The quantitative estimate of drug-likeness (QED) is 0.447. The number of allylic oxidation sites excluding steroid dienone is 4. The van der Waals surface area contributed by atoms with Crippen molar-refractivity contribution >= 4 is 22.9 Å². The van der Waals surface area contributed by atoms with E-state index < -0.39 is 32.8 Å². The van der Waals surface area contributed by atoms with Crippen LogP contribution in [0, 0.1) is 42.9 Å². The number of rotatable bonds is 2. The molecule has 118 valence electrons. The zero-order chi connectivity index (χ0) is 18.3. The van der Waals surface area contributed by atoms with E-state index in [1.165, 1.54) is 24.3 Å². The van der Waals surface area contributed by atoms with Gasteiger partial charge in [0.15, 0.2) is 11.6 Å². The average molecular weight is 326 g/mol. The number of ketones is 2. The standard InChI is InChI=1S/C8H2N2O2.C6H4N2O4/c9-3-5-6(4-10)8(12)2-1-7(5)11;9-7(10)5-3-1-2-4-6(5)8(11)12/h1-2H;1-4H. The Balaban J connectivity index is 0.000000240. The van der Waals surface area contributed by atoms with Gasteiger partial charge in [0.1, 0.15) is 23.3 Å². The molecule has 1 aliphatic rings. The molecule has 0 aliphatic heterocycles. The number of carbonyl (C=O) groups excluding carboxylic acids is 2. The summed E-state index contributed by atoms with van der Waals surface area (Å²) < 4.78 is 0. The third-order valence-electron chi connectivity index (χ3n) is 2.63. The summed E-state index contributed by atoms with van der Waals surface area (Å²) in [5.41, 5.74) is -1.71. The van der Waals surface area contributed by atoms with Crippen molar-refractivity contribution < 1.29 is 19.4 Å². The van der Waals surface area contributed by atoms with Gasteiger partial charge in [-0.25, -0.2) is 0 Å². The smallest absolute Gasteiger partial charge is 0.288 e. The molecule has 0 heterocycles. The van der Waals surface area contributed by atoms with Crippen LogP contribution in [0.4, 0.5) is 11.4 Å². The molecule has 0 aromatic heterocycles. The average Bonchev–Trinajstić information content (AvgIpc) is 2.57. The predicted octanol–water partition coefficient (Wildman–Crippen LogP) is 1.54. The van der Waals surface area contributed by atoms with Gasteiger partial charge in [0.05, 0.1) is 9.85 Å². The Morgan fingerprint density at radius 1 is 0.792 bits per heavy atom. The number of nitrogens with zero attached hydrogens (tertiary/aromatic N) is 4. The number of hydrogen-bond donors (Lipinski definition) is 0. The Morgan fingerprint density at radius 2 is 1.12 bits per heavy atom. The lowest BCUT2D eigenvalue weighted by molar-refractivity contribution is -0.422. The van der Waals surface area contributed by atoms with Crippen molar-refractivity contribution in [3.05, 3.63) is 67.8 Å². The lowest BCUT2D eigenvalue weighted by Crippen LogP contribution is -2.12. The van der Waals surface area contributed by atoms with Gasteiger partial charge in [0.2, 0.25) is 0 Å². The van der Waals surface area contributed by atoms with E-state index in [2.05, 4.69) is 0 Å². The zero-order valence-electron chi connectivity index (χ0n) is 11.7. The summed E-state index contributed by atoms with van der Waals surface area (Å²) in [6.45, 7) is 0. The minimum Gasteiger partial charge on any atom is -0.288 e. The second kappa shape index (κ2) is 7.72. The largest absolute Gasteiger partial charge is 0.346 e. The fraction of sp³-hybridized carbons (Fsp3) is 0. The molecule has 0 amide bonds. The van der Waals surface area contributed by atoms with Crippen LogP contribution < -0.4 is 0 Å². The van der Waals surface area contributed by atoms with Gasteiger partial charge in [0, 0.05) is 12.1 Å². The van der Waals surface area contributed by atoms with Crippen molar-refractivity contribution in [3.63, 3.8) is 0 Å². The van der Waals surface area contributed by atoms with E-state index in [1.807, 2.05) is 0 Å². The van der Waals surface area contributed by atoms with Crippen LogP contribution in [0.2, 0.25) is 0 Å². The lowest BCUT2D eigenvalue weighted by atomic mass is 9.97. The molecule has 1 aromatic rings. The molecule has 0 saturated heterocycles. The van der Waals surface area contributed by atoms with Crippen LogP contribution in [0.1, 0.15) is 0 Å². The van der Waals surface area contributed by atoms with Gasteiger partial charge in [-0.05, 0) is 12.2 Å². The molecule has 0 bridgehead atoms. The fourth-order valence-corrected chi connectivity index (χ4v) is 1.56. The number of hydrogen-bond acceptors (Lipinski definition) is 8. The fourth-order valence-electron chi connectivity index (χ4n) is 1.56. The van der Waals surface area contributed by atoms with Crippen LogP contribution in [-0.2, 0) is 9.59 Å². The minimum atomic E-state index is -0.780. The number of nitro benzene ring substituents is 2. The number of carbonyl (C=O) groups is 2. The molecular formula is C14H6N4O6. The Hall–Kier alpha value is -4.18. The minimum absolute atomic E-state index is 0.370. The normalized spacial score (nSPS) is 12.6. The van der Waals surface area contributed by atoms with Gasteiger partial charge in [0.25, 0.3) is 0 Å². The van der Waals surface area contributed by atoms with Crippen LogP contribution in [0.5, 0.6) is 0 Å². The number of para-hydroxylation sites is 2. The van der Waals surface area contributed by atoms with Crippen LogP contribution in [-0.4, -0.2) is 21.4 Å². The molecule has 10 nitrogen and oxygen atoms in total. The van der Waals surface area contributed by atoms with Gasteiger partial charge < -0.3 is 0 Å². The molecule has 24 heavy (non-hydrogen) atoms. The number of benzene rings is 1. The highest BCUT2D eigenvalue weighted by Crippen LogP contribution is 2.24. The van der Waals surface area contributed by atoms with Crippen molar-refractivity contribution in [3.8, 4) is 12.1 Å². The van der Waals surface area contributed by atoms with Gasteiger partial charge in [-0.3, -0.25) is 29.8 Å². The summed E-state index contributed by atoms with van der Waals surface area (Å²) in [6.07, 6.45) is 1.98. The van der Waals surface area contributed by atoms with Crippen molar-refractivity contribution in [2.75, 3.05) is 0 Å². The van der Waals surface area contributed by atoms with Gasteiger partial charge in [-0.2, -0.15) is 10.5 Å². The highest BCUT2D eigenvalue weighted by Gasteiger charge is 2.22. The van der Waals surface area contributed by atoms with Crippen molar-refractivity contribution in [2.24, 2.45) is 0 Å². The van der Waals surface area contributed by atoms with Crippen LogP contribution in [0.3, 0.4) is 0 Å². The first kappa shape index (κ1) is 17.9.